The summed E-state index contributed by atoms with van der Waals surface area (Å²) in [7, 11) is 0. The zero-order chi connectivity index (χ0) is 25.7. The number of carbonyl (C=O) groups excluding carboxylic acids is 3. The molecule has 36 heavy (non-hydrogen) atoms. The molecular formula is C29H35N2O5+. The van der Waals surface area contributed by atoms with Gasteiger partial charge < -0.3 is 19.3 Å². The Kier molecular flexibility index (Phi) is 5.94. The summed E-state index contributed by atoms with van der Waals surface area (Å²) < 4.78 is 12.3. The van der Waals surface area contributed by atoms with Gasteiger partial charge in [0.2, 0.25) is 5.78 Å². The van der Waals surface area contributed by atoms with Gasteiger partial charge in [-0.2, -0.15) is 0 Å². The largest absolute Gasteiger partial charge is 0.450 e. The van der Waals surface area contributed by atoms with Crippen LogP contribution in [0.4, 0.5) is 4.79 Å². The van der Waals surface area contributed by atoms with Crippen molar-refractivity contribution in [3.63, 3.8) is 0 Å². The first-order chi connectivity index (χ1) is 17.0. The average Bonchev–Trinajstić information content (AvgIpc) is 3.31. The van der Waals surface area contributed by atoms with Crippen LogP contribution >= 0.6 is 0 Å². The molecule has 0 aromatic heterocycles. The van der Waals surface area contributed by atoms with E-state index < -0.39 is 29.3 Å². The highest BCUT2D eigenvalue weighted by atomic mass is 16.6. The quantitative estimate of drug-likeness (QED) is 0.357. The molecule has 4 bridgehead atoms. The second-order valence-corrected chi connectivity index (χ2v) is 11.7. The molecule has 5 unspecified atom stereocenters. The van der Waals surface area contributed by atoms with Gasteiger partial charge >= 0.3 is 12.1 Å². The number of nitrogens with zero attached hydrogens (tertiary/aromatic N) is 1. The van der Waals surface area contributed by atoms with Gasteiger partial charge in [0.1, 0.15) is 18.7 Å². The number of quaternary nitrogens is 1. The second-order valence-electron chi connectivity index (χ2n) is 11.7. The zero-order valence-electron chi connectivity index (χ0n) is 21.5. The Morgan fingerprint density at radius 3 is 2.42 bits per heavy atom. The molecule has 0 spiro atoms. The van der Waals surface area contributed by atoms with E-state index in [0.717, 1.165) is 30.6 Å². The average molecular weight is 492 g/mol. The molecule has 3 aliphatic heterocycles. The lowest BCUT2D eigenvalue weighted by molar-refractivity contribution is -0.922. The van der Waals surface area contributed by atoms with Crippen molar-refractivity contribution in [2.45, 2.75) is 51.4 Å². The number of benzene rings is 2. The van der Waals surface area contributed by atoms with Gasteiger partial charge in [0.05, 0.1) is 19.0 Å². The maximum atomic E-state index is 13.5. The minimum atomic E-state index is -0.964. The van der Waals surface area contributed by atoms with Gasteiger partial charge in [-0.25, -0.2) is 9.59 Å². The molecule has 1 aliphatic carbocycles. The van der Waals surface area contributed by atoms with Crippen molar-refractivity contribution in [1.82, 2.24) is 5.32 Å². The van der Waals surface area contributed by atoms with Crippen LogP contribution in [0.5, 0.6) is 0 Å². The molecule has 190 valence electrons. The molecule has 1 saturated carbocycles. The van der Waals surface area contributed by atoms with E-state index in [1.807, 2.05) is 49.4 Å². The van der Waals surface area contributed by atoms with Gasteiger partial charge in [-0.05, 0) is 33.3 Å². The summed E-state index contributed by atoms with van der Waals surface area (Å²) in [6.07, 6.45) is 0.274. The Hall–Kier alpha value is -3.19. The Morgan fingerprint density at radius 2 is 1.75 bits per heavy atom. The SMILES string of the molecule is Cc1ccc(C(=O)C[N+]23CCC4C(C2)C4(OC(=O)C(NC(=O)OC(C)(C)C)c2ccccc2)C3)cc1. The van der Waals surface area contributed by atoms with Crippen molar-refractivity contribution in [2.24, 2.45) is 11.8 Å². The summed E-state index contributed by atoms with van der Waals surface area (Å²) in [5.41, 5.74) is 1.26. The van der Waals surface area contributed by atoms with Crippen molar-refractivity contribution in [3.05, 3.63) is 71.3 Å². The standard InChI is InChI=1S/C29H34N2O5/c1-19-10-12-20(13-11-19)24(32)17-31-15-14-22-23(16-31)29(22,18-31)35-26(33)25(21-8-6-5-7-9-21)30-27(34)36-28(2,3)4/h5-13,22-23,25H,14-18H2,1-4H3/p+1. The topological polar surface area (TPSA) is 81.7 Å². The highest BCUT2D eigenvalue weighted by molar-refractivity contribution is 5.97. The van der Waals surface area contributed by atoms with Gasteiger partial charge in [0.25, 0.3) is 0 Å². The van der Waals surface area contributed by atoms with E-state index in [9.17, 15) is 14.4 Å². The minimum Gasteiger partial charge on any atom is -0.450 e. The molecule has 5 atom stereocenters. The predicted octanol–water partition coefficient (Wildman–Crippen LogP) is 4.21. The van der Waals surface area contributed by atoms with Crippen LogP contribution < -0.4 is 5.32 Å². The fourth-order valence-electron chi connectivity index (χ4n) is 6.24. The molecular weight excluding hydrogens is 456 g/mol. The first kappa shape index (κ1) is 24.5. The molecule has 0 radical (unpaired) electrons. The maximum absolute atomic E-state index is 13.5. The Balaban J connectivity index is 1.30. The fourth-order valence-corrected chi connectivity index (χ4v) is 6.24. The number of ketones is 1. The van der Waals surface area contributed by atoms with Crippen LogP contribution in [0.2, 0.25) is 0 Å². The summed E-state index contributed by atoms with van der Waals surface area (Å²) in [5, 5.41) is 2.72. The number of Topliss-reactive ketones (excluding diaryl/α,β-unsaturated/α-hetero) is 1. The molecule has 7 nitrogen and oxygen atoms in total. The van der Waals surface area contributed by atoms with E-state index in [4.69, 9.17) is 9.47 Å². The fraction of sp³-hybridized carbons (Fsp3) is 0.483. The number of rotatable bonds is 7. The minimum absolute atomic E-state index is 0.130. The smallest absolute Gasteiger partial charge is 0.408 e. The van der Waals surface area contributed by atoms with E-state index in [1.165, 1.54) is 0 Å². The lowest BCUT2D eigenvalue weighted by Crippen LogP contribution is -2.57. The highest BCUT2D eigenvalue weighted by Gasteiger charge is 2.81. The second kappa shape index (κ2) is 8.73. The van der Waals surface area contributed by atoms with E-state index >= 15 is 0 Å². The third-order valence-electron chi connectivity index (χ3n) is 7.89. The van der Waals surface area contributed by atoms with E-state index in [1.54, 1.807) is 32.9 Å². The Bertz CT molecular complexity index is 1170. The number of fused-ring (bicyclic) bond motifs is 1. The van der Waals surface area contributed by atoms with E-state index in [0.29, 0.717) is 29.1 Å². The van der Waals surface area contributed by atoms with Crippen molar-refractivity contribution in [2.75, 3.05) is 26.2 Å². The van der Waals surface area contributed by atoms with Crippen molar-refractivity contribution < 1.29 is 28.3 Å². The molecule has 2 aromatic carbocycles. The van der Waals surface area contributed by atoms with Crippen LogP contribution in [0.1, 0.15) is 54.7 Å². The lowest BCUT2D eigenvalue weighted by atomic mass is 10.0. The summed E-state index contributed by atoms with van der Waals surface area (Å²) in [5.74, 6) is 0.240. The molecule has 6 rings (SSSR count). The molecule has 1 amide bonds. The molecule has 3 heterocycles. The number of amides is 1. The van der Waals surface area contributed by atoms with Crippen LogP contribution in [-0.4, -0.2) is 59.7 Å². The third kappa shape index (κ3) is 4.64. The lowest BCUT2D eigenvalue weighted by Gasteiger charge is -2.41. The van der Waals surface area contributed by atoms with Gasteiger partial charge in [0.15, 0.2) is 11.6 Å². The first-order valence-electron chi connectivity index (χ1n) is 12.7. The summed E-state index contributed by atoms with van der Waals surface area (Å²) >= 11 is 0. The van der Waals surface area contributed by atoms with E-state index in [2.05, 4.69) is 5.32 Å². The normalized spacial score (nSPS) is 28.7. The van der Waals surface area contributed by atoms with Crippen LogP contribution in [0.3, 0.4) is 0 Å². The van der Waals surface area contributed by atoms with Gasteiger partial charge in [-0.3, -0.25) is 4.79 Å². The predicted molar refractivity (Wildman–Crippen MR) is 134 cm³/mol. The number of hydrogen-bond acceptors (Lipinski definition) is 5. The summed E-state index contributed by atoms with van der Waals surface area (Å²) in [6.45, 7) is 10.2. The molecule has 3 saturated heterocycles. The summed E-state index contributed by atoms with van der Waals surface area (Å²) in [4.78, 5) is 39.2. The molecule has 2 aromatic rings. The van der Waals surface area contributed by atoms with Crippen molar-refractivity contribution in [1.29, 1.82) is 0 Å². The van der Waals surface area contributed by atoms with Crippen LogP contribution in [0.15, 0.2) is 54.6 Å². The molecule has 4 fully saturated rings. The number of piperidine rings is 3. The summed E-state index contributed by atoms with van der Waals surface area (Å²) in [6, 6.07) is 15.8. The number of esters is 1. The van der Waals surface area contributed by atoms with Crippen molar-refractivity contribution >= 4 is 17.8 Å². The van der Waals surface area contributed by atoms with Gasteiger partial charge in [0, 0.05) is 17.9 Å². The molecule has 4 aliphatic rings. The maximum Gasteiger partial charge on any atom is 0.408 e. The number of ether oxygens (including phenoxy) is 2. The number of nitrogens with one attached hydrogen (secondary N) is 1. The highest BCUT2D eigenvalue weighted by Crippen LogP contribution is 2.65. The molecule has 7 heteroatoms. The number of alkyl carbamates (subject to hydrolysis) is 1. The van der Waals surface area contributed by atoms with Crippen LogP contribution in [-0.2, 0) is 14.3 Å². The number of hydrogen-bond donors (Lipinski definition) is 1. The Labute approximate surface area is 212 Å². The zero-order valence-corrected chi connectivity index (χ0v) is 21.5. The number of aryl methyl sites for hydroxylation is 1. The van der Waals surface area contributed by atoms with Gasteiger partial charge in [-0.15, -0.1) is 0 Å². The molecule has 1 N–H and O–H groups in total. The van der Waals surface area contributed by atoms with Crippen molar-refractivity contribution in [3.8, 4) is 0 Å². The third-order valence-corrected chi connectivity index (χ3v) is 7.89. The monoisotopic (exact) mass is 491 g/mol. The van der Waals surface area contributed by atoms with Crippen LogP contribution in [0, 0.1) is 18.8 Å². The van der Waals surface area contributed by atoms with Gasteiger partial charge in [-0.1, -0.05) is 60.2 Å². The first-order valence-corrected chi connectivity index (χ1v) is 12.7. The van der Waals surface area contributed by atoms with E-state index in [-0.39, 0.29) is 11.7 Å². The Morgan fingerprint density at radius 1 is 1.06 bits per heavy atom. The number of carbonyl (C=O) groups is 3. The van der Waals surface area contributed by atoms with Crippen LogP contribution in [0.25, 0.3) is 0 Å².